The molecular weight excluding hydrogens is 222 g/mol. The number of benzene rings is 1. The van der Waals surface area contributed by atoms with Gasteiger partial charge in [-0.1, -0.05) is 6.92 Å². The minimum Gasteiger partial charge on any atom is -0.508 e. The zero-order valence-corrected chi connectivity index (χ0v) is 9.88. The topological polar surface area (TPSA) is 92.8 Å². The van der Waals surface area contributed by atoms with E-state index in [2.05, 4.69) is 0 Å². The fraction of sp³-hybridized carbons (Fsp3) is 0.417. The number of carboxylic acids is 1. The second kappa shape index (κ2) is 5.54. The van der Waals surface area contributed by atoms with E-state index in [1.54, 1.807) is 12.1 Å². The number of phenols is 1. The number of rotatable bonds is 5. The molecule has 94 valence electrons. The van der Waals surface area contributed by atoms with Crippen LogP contribution >= 0.6 is 0 Å². The van der Waals surface area contributed by atoms with Crippen molar-refractivity contribution in [2.45, 2.75) is 25.3 Å². The molecule has 0 saturated heterocycles. The van der Waals surface area contributed by atoms with Crippen LogP contribution < -0.4 is 10.5 Å². The number of nitrogens with two attached hydrogens (primary N) is 1. The van der Waals surface area contributed by atoms with Gasteiger partial charge in [0.25, 0.3) is 0 Å². The molecule has 0 fully saturated rings. The number of carboxylic acid groups (broad SMARTS) is 1. The van der Waals surface area contributed by atoms with Gasteiger partial charge < -0.3 is 20.7 Å². The number of hydrogen-bond donors (Lipinski definition) is 3. The van der Waals surface area contributed by atoms with Crippen molar-refractivity contribution >= 4 is 5.97 Å². The Morgan fingerprint density at radius 1 is 1.53 bits per heavy atom. The summed E-state index contributed by atoms with van der Waals surface area (Å²) in [7, 11) is 1.51. The highest BCUT2D eigenvalue weighted by molar-refractivity contribution is 5.75. The Balaban J connectivity index is 3.14. The van der Waals surface area contributed by atoms with Crippen molar-refractivity contribution in [2.75, 3.05) is 7.11 Å². The fourth-order valence-corrected chi connectivity index (χ4v) is 1.80. The Bertz CT molecular complexity index is 405. The summed E-state index contributed by atoms with van der Waals surface area (Å²) in [5.41, 5.74) is 6.11. The monoisotopic (exact) mass is 239 g/mol. The van der Waals surface area contributed by atoms with Gasteiger partial charge in [0, 0.05) is 11.5 Å². The molecule has 4 N–H and O–H groups in total. The molecule has 5 heteroatoms. The van der Waals surface area contributed by atoms with Crippen LogP contribution in [0, 0.1) is 0 Å². The fourth-order valence-electron chi connectivity index (χ4n) is 1.80. The van der Waals surface area contributed by atoms with Crippen LogP contribution in [0.3, 0.4) is 0 Å². The van der Waals surface area contributed by atoms with E-state index in [0.29, 0.717) is 17.7 Å². The largest absolute Gasteiger partial charge is 0.508 e. The number of hydrogen-bond acceptors (Lipinski definition) is 4. The number of aromatic hydroxyl groups is 1. The van der Waals surface area contributed by atoms with Crippen LogP contribution in [-0.4, -0.2) is 29.3 Å². The Morgan fingerprint density at radius 3 is 2.65 bits per heavy atom. The first-order chi connectivity index (χ1) is 8.01. The zero-order valence-electron chi connectivity index (χ0n) is 9.88. The molecule has 2 atom stereocenters. The standard InChI is InChI=1S/C12H17NO4/c1-3-8(11(13)12(15)16)9-6-7(17-2)4-5-10(9)14/h4-6,8,11,14H,3,13H2,1-2H3,(H,15,16)/t8-,11-/m0/s1. The number of aliphatic carboxylic acids is 1. The summed E-state index contributed by atoms with van der Waals surface area (Å²) in [6.07, 6.45) is 0.522. The van der Waals surface area contributed by atoms with E-state index in [1.807, 2.05) is 6.92 Å². The van der Waals surface area contributed by atoms with Crippen molar-refractivity contribution in [3.8, 4) is 11.5 Å². The van der Waals surface area contributed by atoms with Crippen molar-refractivity contribution in [3.05, 3.63) is 23.8 Å². The molecular formula is C12H17NO4. The Kier molecular flexibility index (Phi) is 4.34. The summed E-state index contributed by atoms with van der Waals surface area (Å²) in [4.78, 5) is 10.9. The second-order valence-corrected chi connectivity index (χ2v) is 3.80. The normalized spacial score (nSPS) is 14.1. The molecule has 0 aromatic heterocycles. The van der Waals surface area contributed by atoms with Gasteiger partial charge in [-0.15, -0.1) is 0 Å². The zero-order chi connectivity index (χ0) is 13.0. The van der Waals surface area contributed by atoms with E-state index in [9.17, 15) is 9.90 Å². The molecule has 0 aliphatic rings. The van der Waals surface area contributed by atoms with Crippen molar-refractivity contribution in [1.29, 1.82) is 0 Å². The summed E-state index contributed by atoms with van der Waals surface area (Å²) in [5.74, 6) is -0.926. The maximum atomic E-state index is 10.9. The Labute approximate surface area is 99.8 Å². The van der Waals surface area contributed by atoms with Gasteiger partial charge in [-0.3, -0.25) is 4.79 Å². The van der Waals surface area contributed by atoms with E-state index in [-0.39, 0.29) is 5.75 Å². The SMILES string of the molecule is CC[C@@H](c1cc(OC)ccc1O)[C@H](N)C(=O)O. The van der Waals surface area contributed by atoms with Crippen molar-refractivity contribution in [1.82, 2.24) is 0 Å². The highest BCUT2D eigenvalue weighted by atomic mass is 16.5. The molecule has 0 unspecified atom stereocenters. The first-order valence-electron chi connectivity index (χ1n) is 5.36. The molecule has 0 bridgehead atoms. The Morgan fingerprint density at radius 2 is 2.18 bits per heavy atom. The maximum Gasteiger partial charge on any atom is 0.321 e. The summed E-state index contributed by atoms with van der Waals surface area (Å²) in [6.45, 7) is 1.83. The van der Waals surface area contributed by atoms with Crippen molar-refractivity contribution < 1.29 is 19.7 Å². The third kappa shape index (κ3) is 2.88. The molecule has 5 nitrogen and oxygen atoms in total. The molecule has 0 amide bonds. The minimum absolute atomic E-state index is 0.0364. The number of phenolic OH excluding ortho intramolecular Hbond substituents is 1. The molecule has 0 aliphatic heterocycles. The molecule has 17 heavy (non-hydrogen) atoms. The molecule has 0 aliphatic carbocycles. The average molecular weight is 239 g/mol. The third-order valence-corrected chi connectivity index (χ3v) is 2.79. The van der Waals surface area contributed by atoms with Crippen molar-refractivity contribution in [3.63, 3.8) is 0 Å². The van der Waals surface area contributed by atoms with Gasteiger partial charge >= 0.3 is 5.97 Å². The van der Waals surface area contributed by atoms with Gasteiger partial charge in [0.05, 0.1) is 7.11 Å². The number of methoxy groups -OCH3 is 1. The van der Waals surface area contributed by atoms with Crippen LogP contribution in [0.15, 0.2) is 18.2 Å². The first-order valence-corrected chi connectivity index (χ1v) is 5.36. The minimum atomic E-state index is -1.08. The molecule has 1 rings (SSSR count). The van der Waals surface area contributed by atoms with Gasteiger partial charge in [0.2, 0.25) is 0 Å². The number of carbonyl (C=O) groups is 1. The summed E-state index contributed by atoms with van der Waals surface area (Å²) < 4.78 is 5.05. The van der Waals surface area contributed by atoms with Crippen LogP contribution in [-0.2, 0) is 4.79 Å². The molecule has 1 aromatic rings. The molecule has 0 saturated carbocycles. The molecule has 0 spiro atoms. The van der Waals surface area contributed by atoms with Crippen LogP contribution in [0.4, 0.5) is 0 Å². The van der Waals surface area contributed by atoms with Gasteiger partial charge in [-0.2, -0.15) is 0 Å². The predicted molar refractivity (Wildman–Crippen MR) is 63.3 cm³/mol. The molecule has 0 heterocycles. The van der Waals surface area contributed by atoms with E-state index in [0.717, 1.165) is 0 Å². The lowest BCUT2D eigenvalue weighted by molar-refractivity contribution is -0.139. The van der Waals surface area contributed by atoms with Gasteiger partial charge in [0.1, 0.15) is 17.5 Å². The second-order valence-electron chi connectivity index (χ2n) is 3.80. The van der Waals surface area contributed by atoms with Crippen LogP contribution in [0.25, 0.3) is 0 Å². The molecule has 1 aromatic carbocycles. The van der Waals surface area contributed by atoms with Crippen LogP contribution in [0.5, 0.6) is 11.5 Å². The Hall–Kier alpha value is -1.75. The van der Waals surface area contributed by atoms with Gasteiger partial charge in [-0.05, 0) is 24.6 Å². The van der Waals surface area contributed by atoms with Crippen molar-refractivity contribution in [2.24, 2.45) is 5.73 Å². The van der Waals surface area contributed by atoms with E-state index in [4.69, 9.17) is 15.6 Å². The quantitative estimate of drug-likeness (QED) is 0.720. The van der Waals surface area contributed by atoms with Crippen LogP contribution in [0.1, 0.15) is 24.8 Å². The first kappa shape index (κ1) is 13.3. The van der Waals surface area contributed by atoms with E-state index < -0.39 is 17.9 Å². The van der Waals surface area contributed by atoms with Crippen LogP contribution in [0.2, 0.25) is 0 Å². The summed E-state index contributed by atoms with van der Waals surface area (Å²) in [5, 5.41) is 18.7. The predicted octanol–water partition coefficient (Wildman–Crippen LogP) is 1.31. The third-order valence-electron chi connectivity index (χ3n) is 2.79. The summed E-state index contributed by atoms with van der Waals surface area (Å²) >= 11 is 0. The highest BCUT2D eigenvalue weighted by Crippen LogP contribution is 2.33. The highest BCUT2D eigenvalue weighted by Gasteiger charge is 2.26. The average Bonchev–Trinajstić information content (AvgIpc) is 2.32. The smallest absolute Gasteiger partial charge is 0.321 e. The lowest BCUT2D eigenvalue weighted by Gasteiger charge is -2.21. The maximum absolute atomic E-state index is 10.9. The van der Waals surface area contributed by atoms with Gasteiger partial charge in [0.15, 0.2) is 0 Å². The lowest BCUT2D eigenvalue weighted by atomic mass is 9.89. The summed E-state index contributed by atoms with van der Waals surface area (Å²) in [6, 6.07) is 3.66. The number of ether oxygens (including phenoxy) is 1. The van der Waals surface area contributed by atoms with Gasteiger partial charge in [-0.25, -0.2) is 0 Å². The lowest BCUT2D eigenvalue weighted by Crippen LogP contribution is -2.36. The molecule has 0 radical (unpaired) electrons. The van der Waals surface area contributed by atoms with E-state index >= 15 is 0 Å². The van der Waals surface area contributed by atoms with E-state index in [1.165, 1.54) is 13.2 Å².